The molecular weight excluding hydrogens is 262 g/mol. The van der Waals surface area contributed by atoms with E-state index >= 15 is 0 Å². The number of hydrogen-bond donors (Lipinski definition) is 4. The molecule has 0 amide bonds. The lowest BCUT2D eigenvalue weighted by Gasteiger charge is -2.06. The van der Waals surface area contributed by atoms with Crippen LogP contribution in [0.25, 0.3) is 22.4 Å². The van der Waals surface area contributed by atoms with Crippen LogP contribution in [0.2, 0.25) is 0 Å². The molecule has 20 heavy (non-hydrogen) atoms. The molecular formula is C13H9N3O4. The van der Waals surface area contributed by atoms with Crippen molar-refractivity contribution in [3.8, 4) is 28.8 Å². The highest BCUT2D eigenvalue weighted by Gasteiger charge is 2.16. The molecule has 0 atom stereocenters. The van der Waals surface area contributed by atoms with Gasteiger partial charge in [-0.15, -0.1) is 0 Å². The fourth-order valence-corrected chi connectivity index (χ4v) is 1.89. The number of fused-ring (bicyclic) bond motifs is 1. The predicted molar refractivity (Wildman–Crippen MR) is 70.6 cm³/mol. The summed E-state index contributed by atoms with van der Waals surface area (Å²) < 4.78 is 0. The van der Waals surface area contributed by atoms with Gasteiger partial charge in [0.1, 0.15) is 11.1 Å². The van der Waals surface area contributed by atoms with Gasteiger partial charge in [-0.3, -0.25) is 9.78 Å². The summed E-state index contributed by atoms with van der Waals surface area (Å²) in [5, 5.41) is 28.4. The highest BCUT2D eigenvalue weighted by Crippen LogP contribution is 2.38. The van der Waals surface area contributed by atoms with Crippen molar-refractivity contribution < 1.29 is 15.3 Å². The summed E-state index contributed by atoms with van der Waals surface area (Å²) in [6, 6.07) is 6.22. The molecule has 0 bridgehead atoms. The van der Waals surface area contributed by atoms with Crippen molar-refractivity contribution in [3.05, 3.63) is 40.8 Å². The lowest BCUT2D eigenvalue weighted by Crippen LogP contribution is -2.10. The Morgan fingerprint density at radius 2 is 1.90 bits per heavy atom. The van der Waals surface area contributed by atoms with Crippen LogP contribution in [0.4, 0.5) is 0 Å². The summed E-state index contributed by atoms with van der Waals surface area (Å²) >= 11 is 0. The Morgan fingerprint density at radius 1 is 1.10 bits per heavy atom. The summed E-state index contributed by atoms with van der Waals surface area (Å²) in [6.45, 7) is 0. The van der Waals surface area contributed by atoms with Gasteiger partial charge in [-0.05, 0) is 12.1 Å². The summed E-state index contributed by atoms with van der Waals surface area (Å²) in [5.41, 5.74) is -0.135. The van der Waals surface area contributed by atoms with Crippen molar-refractivity contribution >= 4 is 10.9 Å². The Morgan fingerprint density at radius 3 is 2.60 bits per heavy atom. The first-order chi connectivity index (χ1) is 9.58. The minimum atomic E-state index is -0.754. The molecule has 2 heterocycles. The minimum Gasteiger partial charge on any atom is -0.504 e. The Labute approximate surface area is 111 Å². The van der Waals surface area contributed by atoms with E-state index in [9.17, 15) is 20.1 Å². The van der Waals surface area contributed by atoms with E-state index in [0.29, 0.717) is 5.69 Å². The number of rotatable bonds is 1. The third-order valence-corrected chi connectivity index (χ3v) is 2.83. The van der Waals surface area contributed by atoms with Gasteiger partial charge in [0.2, 0.25) is 5.75 Å². The third-order valence-electron chi connectivity index (χ3n) is 2.83. The van der Waals surface area contributed by atoms with Gasteiger partial charge in [0.25, 0.3) is 5.56 Å². The SMILES string of the molecule is O=c1[nH]c(-c2ccccn2)nc2cc(O)c(O)c(O)c12. The molecule has 0 unspecified atom stereocenters. The monoisotopic (exact) mass is 271 g/mol. The number of benzene rings is 1. The topological polar surface area (TPSA) is 119 Å². The van der Waals surface area contributed by atoms with Crippen LogP contribution in [0.15, 0.2) is 35.3 Å². The number of aromatic hydroxyl groups is 3. The molecule has 0 saturated carbocycles. The van der Waals surface area contributed by atoms with E-state index in [0.717, 1.165) is 6.07 Å². The normalized spacial score (nSPS) is 10.8. The summed E-state index contributed by atoms with van der Waals surface area (Å²) in [6.07, 6.45) is 1.55. The Kier molecular flexibility index (Phi) is 2.53. The van der Waals surface area contributed by atoms with Crippen molar-refractivity contribution in [2.75, 3.05) is 0 Å². The number of aromatic amines is 1. The number of H-pyrrole nitrogens is 1. The maximum Gasteiger partial charge on any atom is 0.263 e. The number of phenols is 3. The van der Waals surface area contributed by atoms with Gasteiger partial charge in [-0.25, -0.2) is 4.98 Å². The molecule has 4 N–H and O–H groups in total. The van der Waals surface area contributed by atoms with Crippen LogP contribution >= 0.6 is 0 Å². The van der Waals surface area contributed by atoms with Crippen LogP contribution in [0.5, 0.6) is 17.2 Å². The largest absolute Gasteiger partial charge is 0.504 e. The second-order valence-electron chi connectivity index (χ2n) is 4.12. The summed E-state index contributed by atoms with van der Waals surface area (Å²) in [7, 11) is 0. The van der Waals surface area contributed by atoms with Crippen LogP contribution in [-0.2, 0) is 0 Å². The van der Waals surface area contributed by atoms with Gasteiger partial charge in [0, 0.05) is 12.3 Å². The van der Waals surface area contributed by atoms with Gasteiger partial charge >= 0.3 is 0 Å². The zero-order valence-corrected chi connectivity index (χ0v) is 10.0. The zero-order chi connectivity index (χ0) is 14.3. The number of hydrogen-bond acceptors (Lipinski definition) is 6. The highest BCUT2D eigenvalue weighted by molar-refractivity contribution is 5.89. The van der Waals surface area contributed by atoms with E-state index in [2.05, 4.69) is 15.0 Å². The predicted octanol–water partition coefficient (Wildman–Crippen LogP) is 1.10. The molecule has 7 nitrogen and oxygen atoms in total. The van der Waals surface area contributed by atoms with Gasteiger partial charge < -0.3 is 20.3 Å². The number of phenolic OH excluding ortho intramolecular Hbond substituents is 3. The fraction of sp³-hybridized carbons (Fsp3) is 0. The van der Waals surface area contributed by atoms with E-state index in [-0.39, 0.29) is 16.7 Å². The number of nitrogens with zero attached hydrogens (tertiary/aromatic N) is 2. The molecule has 0 aliphatic rings. The molecule has 2 aromatic heterocycles. The average Bonchev–Trinajstić information content (AvgIpc) is 2.45. The van der Waals surface area contributed by atoms with Gasteiger partial charge in [0.15, 0.2) is 17.3 Å². The molecule has 0 spiro atoms. The number of nitrogens with one attached hydrogen (secondary N) is 1. The van der Waals surface area contributed by atoms with Crippen LogP contribution in [0.1, 0.15) is 0 Å². The molecule has 100 valence electrons. The lowest BCUT2D eigenvalue weighted by atomic mass is 10.2. The second kappa shape index (κ2) is 4.23. The maximum atomic E-state index is 12.0. The van der Waals surface area contributed by atoms with E-state index in [1.54, 1.807) is 24.4 Å². The molecule has 1 aromatic carbocycles. The quantitative estimate of drug-likeness (QED) is 0.492. The lowest BCUT2D eigenvalue weighted by molar-refractivity contribution is 0.371. The van der Waals surface area contributed by atoms with Crippen molar-refractivity contribution in [2.45, 2.75) is 0 Å². The van der Waals surface area contributed by atoms with E-state index < -0.39 is 22.8 Å². The smallest absolute Gasteiger partial charge is 0.263 e. The standard InChI is InChI=1S/C13H9N3O4/c17-8-5-7-9(11(19)10(8)18)13(20)16-12(15-7)6-3-1-2-4-14-6/h1-5,17-19H,(H,15,16,20). The van der Waals surface area contributed by atoms with Crippen LogP contribution in [-0.4, -0.2) is 30.3 Å². The van der Waals surface area contributed by atoms with Gasteiger partial charge in [-0.1, -0.05) is 6.07 Å². The molecule has 0 radical (unpaired) electrons. The van der Waals surface area contributed by atoms with Crippen molar-refractivity contribution in [1.29, 1.82) is 0 Å². The van der Waals surface area contributed by atoms with Gasteiger partial charge in [0.05, 0.1) is 5.52 Å². The Balaban J connectivity index is 2.36. The Hall–Kier alpha value is -3.09. The third kappa shape index (κ3) is 1.72. The van der Waals surface area contributed by atoms with Crippen molar-refractivity contribution in [2.24, 2.45) is 0 Å². The van der Waals surface area contributed by atoms with Crippen LogP contribution in [0.3, 0.4) is 0 Å². The highest BCUT2D eigenvalue weighted by atomic mass is 16.3. The first kappa shape index (κ1) is 12.0. The molecule has 3 aromatic rings. The van der Waals surface area contributed by atoms with Crippen molar-refractivity contribution in [1.82, 2.24) is 15.0 Å². The number of pyridine rings is 1. The first-order valence-corrected chi connectivity index (χ1v) is 5.67. The second-order valence-corrected chi connectivity index (χ2v) is 4.12. The summed E-state index contributed by atoms with van der Waals surface area (Å²) in [4.78, 5) is 22.6. The van der Waals surface area contributed by atoms with E-state index in [1.807, 2.05) is 0 Å². The van der Waals surface area contributed by atoms with Gasteiger partial charge in [-0.2, -0.15) is 0 Å². The van der Waals surface area contributed by atoms with Crippen LogP contribution in [0, 0.1) is 0 Å². The van der Waals surface area contributed by atoms with Crippen LogP contribution < -0.4 is 5.56 Å². The molecule has 0 fully saturated rings. The molecule has 7 heteroatoms. The zero-order valence-electron chi connectivity index (χ0n) is 10.0. The molecule has 0 aliphatic carbocycles. The molecule has 0 saturated heterocycles. The van der Waals surface area contributed by atoms with E-state index in [4.69, 9.17) is 0 Å². The summed E-state index contributed by atoms with van der Waals surface area (Å²) in [5.74, 6) is -1.82. The molecule has 0 aliphatic heterocycles. The molecule has 3 rings (SSSR count). The first-order valence-electron chi connectivity index (χ1n) is 5.67. The fourth-order valence-electron chi connectivity index (χ4n) is 1.89. The maximum absolute atomic E-state index is 12.0. The number of aromatic nitrogens is 3. The Bertz CT molecular complexity index is 859. The van der Waals surface area contributed by atoms with E-state index in [1.165, 1.54) is 0 Å². The minimum absolute atomic E-state index is 0.0576. The average molecular weight is 271 g/mol. The van der Waals surface area contributed by atoms with Crippen molar-refractivity contribution in [3.63, 3.8) is 0 Å².